The summed E-state index contributed by atoms with van der Waals surface area (Å²) in [5, 5.41) is 7.89. The molecule has 0 aliphatic carbocycles. The zero-order valence-electron chi connectivity index (χ0n) is 22.3. The Hall–Kier alpha value is -5.79. The number of halogens is 1. The van der Waals surface area contributed by atoms with Crippen LogP contribution in [0.3, 0.4) is 0 Å². The van der Waals surface area contributed by atoms with E-state index in [4.69, 9.17) is 19.9 Å². The Morgan fingerprint density at radius 3 is 2.71 bits per heavy atom. The molecule has 0 bridgehead atoms. The molecule has 1 fully saturated rings. The molecule has 0 saturated carbocycles. The fourth-order valence-electron chi connectivity index (χ4n) is 4.26. The third-order valence-corrected chi connectivity index (χ3v) is 6.42. The smallest absolute Gasteiger partial charge is 0.246 e. The van der Waals surface area contributed by atoms with Gasteiger partial charge in [-0.2, -0.15) is 0 Å². The molecule has 0 atom stereocenters. The van der Waals surface area contributed by atoms with Crippen molar-refractivity contribution in [3.63, 3.8) is 0 Å². The third kappa shape index (κ3) is 5.32. The number of rotatable bonds is 9. The van der Waals surface area contributed by atoms with Crippen LogP contribution >= 0.6 is 0 Å². The molecular formula is C28H24FN9O4. The largest absolute Gasteiger partial charge is 0.493 e. The van der Waals surface area contributed by atoms with Crippen molar-refractivity contribution in [1.82, 2.24) is 34.6 Å². The normalized spacial score (nSPS) is 13.0. The molecule has 3 aromatic heterocycles. The second-order valence-corrected chi connectivity index (χ2v) is 9.20. The molecule has 1 aliphatic heterocycles. The summed E-state index contributed by atoms with van der Waals surface area (Å²) in [7, 11) is 1.53. The Kier molecular flexibility index (Phi) is 6.92. The molecule has 1 aliphatic rings. The number of nitrogens with zero attached hydrogens (tertiary/aromatic N) is 7. The van der Waals surface area contributed by atoms with Crippen molar-refractivity contribution >= 4 is 34.1 Å². The maximum absolute atomic E-state index is 15.2. The second kappa shape index (κ2) is 11.0. The number of benzene rings is 2. The van der Waals surface area contributed by atoms with Crippen LogP contribution in [0, 0.1) is 5.82 Å². The van der Waals surface area contributed by atoms with E-state index in [1.54, 1.807) is 35.4 Å². The molecule has 5 aromatic rings. The Morgan fingerprint density at radius 2 is 1.98 bits per heavy atom. The quantitative estimate of drug-likeness (QED) is 0.250. The van der Waals surface area contributed by atoms with Gasteiger partial charge in [0.2, 0.25) is 11.8 Å². The summed E-state index contributed by atoms with van der Waals surface area (Å²) in [6.07, 6.45) is 6.95. The molecule has 6 rings (SSSR count). The summed E-state index contributed by atoms with van der Waals surface area (Å²) in [6.45, 7) is 4.36. The Labute approximate surface area is 238 Å². The van der Waals surface area contributed by atoms with Gasteiger partial charge in [0.15, 0.2) is 17.3 Å². The number of hydrogen-bond acceptors (Lipinski definition) is 11. The summed E-state index contributed by atoms with van der Waals surface area (Å²) in [5.41, 5.74) is 6.31. The molecule has 1 amide bonds. The number of likely N-dealkylation sites (tertiary alicyclic amines) is 1. The molecule has 2 aromatic carbocycles. The van der Waals surface area contributed by atoms with Crippen molar-refractivity contribution in [2.24, 2.45) is 0 Å². The van der Waals surface area contributed by atoms with E-state index in [-0.39, 0.29) is 29.3 Å². The van der Waals surface area contributed by atoms with Crippen molar-refractivity contribution in [3.05, 3.63) is 79.8 Å². The zero-order chi connectivity index (χ0) is 29.2. The van der Waals surface area contributed by atoms with E-state index >= 15 is 4.39 Å². The highest BCUT2D eigenvalue weighted by atomic mass is 19.1. The Bertz CT molecular complexity index is 1790. The van der Waals surface area contributed by atoms with Crippen LogP contribution in [-0.4, -0.2) is 66.8 Å². The molecule has 3 N–H and O–H groups in total. The number of carbonyl (C=O) groups excluding carboxylic acids is 1. The Morgan fingerprint density at radius 1 is 1.12 bits per heavy atom. The minimum absolute atomic E-state index is 0.152. The number of aromatic nitrogens is 6. The fraction of sp³-hybridized carbons (Fsp3) is 0.143. The van der Waals surface area contributed by atoms with Crippen LogP contribution < -0.4 is 25.3 Å². The number of nitrogen functional groups attached to an aromatic ring is 1. The van der Waals surface area contributed by atoms with Crippen molar-refractivity contribution in [3.8, 4) is 28.9 Å². The van der Waals surface area contributed by atoms with Gasteiger partial charge in [-0.1, -0.05) is 6.58 Å². The molecule has 212 valence electrons. The van der Waals surface area contributed by atoms with Crippen LogP contribution in [0.2, 0.25) is 0 Å². The first-order valence-electron chi connectivity index (χ1n) is 12.7. The van der Waals surface area contributed by atoms with Gasteiger partial charge in [0.05, 0.1) is 43.8 Å². The highest BCUT2D eigenvalue weighted by Gasteiger charge is 2.31. The molecule has 0 unspecified atom stereocenters. The summed E-state index contributed by atoms with van der Waals surface area (Å²) in [6, 6.07) is 9.42. The van der Waals surface area contributed by atoms with Gasteiger partial charge in [-0.05, 0) is 24.3 Å². The molecule has 0 radical (unpaired) electrons. The monoisotopic (exact) mass is 569 g/mol. The van der Waals surface area contributed by atoms with Gasteiger partial charge in [-0.3, -0.25) is 4.79 Å². The van der Waals surface area contributed by atoms with E-state index in [0.29, 0.717) is 52.9 Å². The predicted molar refractivity (Wildman–Crippen MR) is 151 cm³/mol. The zero-order valence-corrected chi connectivity index (χ0v) is 22.3. The topological polar surface area (TPSA) is 155 Å². The molecule has 4 heterocycles. The molecule has 42 heavy (non-hydrogen) atoms. The van der Waals surface area contributed by atoms with E-state index in [1.165, 1.54) is 48.7 Å². The van der Waals surface area contributed by atoms with Crippen molar-refractivity contribution in [1.29, 1.82) is 0 Å². The van der Waals surface area contributed by atoms with Gasteiger partial charge in [0.1, 0.15) is 35.6 Å². The number of nitrogens with one attached hydrogen (secondary N) is 1. The number of ether oxygens (including phenoxy) is 3. The molecule has 1 saturated heterocycles. The number of hydrogen-bond donors (Lipinski definition) is 2. The molecular weight excluding hydrogens is 545 g/mol. The lowest BCUT2D eigenvalue weighted by molar-refractivity contribution is -0.134. The number of nitrogens with two attached hydrogens (primary N) is 1. The van der Waals surface area contributed by atoms with Gasteiger partial charge >= 0.3 is 0 Å². The van der Waals surface area contributed by atoms with Crippen LogP contribution in [0.25, 0.3) is 16.7 Å². The van der Waals surface area contributed by atoms with Gasteiger partial charge in [-0.15, -0.1) is 5.10 Å². The summed E-state index contributed by atoms with van der Waals surface area (Å²) >= 11 is 0. The number of amides is 1. The number of carbonyl (C=O) groups is 1. The number of methoxy groups -OCH3 is 1. The van der Waals surface area contributed by atoms with E-state index in [9.17, 15) is 4.79 Å². The predicted octanol–water partition coefficient (Wildman–Crippen LogP) is 3.65. The molecule has 0 spiro atoms. The van der Waals surface area contributed by atoms with E-state index in [2.05, 4.69) is 36.9 Å². The van der Waals surface area contributed by atoms with Crippen molar-refractivity contribution < 1.29 is 23.4 Å². The lowest BCUT2D eigenvalue weighted by Crippen LogP contribution is -2.55. The molecule has 13 nitrogen and oxygen atoms in total. The van der Waals surface area contributed by atoms with Crippen LogP contribution in [0.1, 0.15) is 0 Å². The van der Waals surface area contributed by atoms with Gasteiger partial charge in [-0.25, -0.2) is 29.0 Å². The number of fused-ring (bicyclic) bond motifs is 1. The lowest BCUT2D eigenvalue weighted by Gasteiger charge is -2.38. The lowest BCUT2D eigenvalue weighted by atomic mass is 10.1. The first-order chi connectivity index (χ1) is 20.4. The molecule has 14 heteroatoms. The summed E-state index contributed by atoms with van der Waals surface area (Å²) < 4.78 is 34.0. The van der Waals surface area contributed by atoms with E-state index in [1.807, 2.05) is 0 Å². The Balaban J connectivity index is 1.19. The summed E-state index contributed by atoms with van der Waals surface area (Å²) in [5.74, 6) is 1.77. The average Bonchev–Trinajstić information content (AvgIpc) is 3.44. The number of anilines is 3. The average molecular weight is 570 g/mol. The standard InChI is InChI=1S/C28H24FN9O4/c1-3-27(39)37-13-17(14-37)41-23-9-18-21(10-22(23)40-2)33-15-34-28(18)35-20-5-4-16(8-19(20)29)42-26-6-7-38(36-26)25-12-31-24(30)11-32-25/h3-12,15,17H,1,13-14H2,2H3,(H2,30,31)(H,33,34,35). The maximum Gasteiger partial charge on any atom is 0.246 e. The first kappa shape index (κ1) is 26.4. The highest BCUT2D eigenvalue weighted by molar-refractivity contribution is 5.93. The van der Waals surface area contributed by atoms with Crippen molar-refractivity contribution in [2.45, 2.75) is 6.10 Å². The maximum atomic E-state index is 15.2. The van der Waals surface area contributed by atoms with Crippen LogP contribution in [-0.2, 0) is 4.79 Å². The summed E-state index contributed by atoms with van der Waals surface area (Å²) in [4.78, 5) is 30.2. The second-order valence-electron chi connectivity index (χ2n) is 9.20. The van der Waals surface area contributed by atoms with Gasteiger partial charge in [0, 0.05) is 29.8 Å². The van der Waals surface area contributed by atoms with Crippen LogP contribution in [0.5, 0.6) is 23.1 Å². The first-order valence-corrected chi connectivity index (χ1v) is 12.7. The van der Waals surface area contributed by atoms with Crippen molar-refractivity contribution in [2.75, 3.05) is 31.2 Å². The van der Waals surface area contributed by atoms with E-state index in [0.717, 1.165) is 0 Å². The fourth-order valence-corrected chi connectivity index (χ4v) is 4.26. The minimum atomic E-state index is -0.575. The SMILES string of the molecule is C=CC(=O)N1CC(Oc2cc3c(Nc4ccc(Oc5ccn(-c6cnc(N)cn6)n5)cc4F)ncnc3cc2OC)C1. The highest BCUT2D eigenvalue weighted by Crippen LogP contribution is 2.36. The van der Waals surface area contributed by atoms with Crippen LogP contribution in [0.4, 0.5) is 21.7 Å². The van der Waals surface area contributed by atoms with Crippen LogP contribution in [0.15, 0.2) is 74.0 Å². The van der Waals surface area contributed by atoms with Gasteiger partial charge in [0.25, 0.3) is 0 Å². The van der Waals surface area contributed by atoms with Gasteiger partial charge < -0.3 is 30.2 Å². The van der Waals surface area contributed by atoms with E-state index < -0.39 is 5.82 Å². The minimum Gasteiger partial charge on any atom is -0.493 e. The third-order valence-electron chi connectivity index (χ3n) is 6.42.